The summed E-state index contributed by atoms with van der Waals surface area (Å²) in [5, 5.41) is 10.3. The summed E-state index contributed by atoms with van der Waals surface area (Å²) in [6, 6.07) is 9.77. The van der Waals surface area contributed by atoms with Crippen LogP contribution in [0.2, 0.25) is 0 Å². The minimum absolute atomic E-state index is 0.00880. The van der Waals surface area contributed by atoms with Gasteiger partial charge < -0.3 is 15.0 Å². The number of amides is 2. The van der Waals surface area contributed by atoms with Crippen molar-refractivity contribution in [1.82, 2.24) is 20.0 Å². The number of hydrogen-bond donors (Lipinski definition) is 2. The third kappa shape index (κ3) is 4.17. The highest BCUT2D eigenvalue weighted by molar-refractivity contribution is 5.93. The molecule has 2 aliphatic rings. The van der Waals surface area contributed by atoms with Crippen LogP contribution < -0.4 is 5.32 Å². The predicted molar refractivity (Wildman–Crippen MR) is 117 cm³/mol. The Kier molecular flexibility index (Phi) is 5.75. The highest BCUT2D eigenvalue weighted by Crippen LogP contribution is 2.41. The highest BCUT2D eigenvalue weighted by Gasteiger charge is 2.45. The standard InChI is InChI=1S/C23H31N5O3/c1-23(2)19-17(20(26-25-19)24-21(29)16-11-8-12-16)13-28(23)22(30)31-18(14-27(3)4)15-9-6-5-7-10-15/h5-7,9-10,16,18H,8,11-14H2,1-4H3,(H2,24,25,26,29)/t18-/m1/s1. The van der Waals surface area contributed by atoms with Crippen LogP contribution in [0.5, 0.6) is 0 Å². The predicted octanol–water partition coefficient (Wildman–Crippen LogP) is 3.64. The van der Waals surface area contributed by atoms with E-state index in [0.717, 1.165) is 36.1 Å². The molecule has 2 aromatic rings. The van der Waals surface area contributed by atoms with E-state index in [-0.39, 0.29) is 24.0 Å². The number of fused-ring (bicyclic) bond motifs is 1. The van der Waals surface area contributed by atoms with Gasteiger partial charge in [0.1, 0.15) is 6.10 Å². The normalized spacial score (nSPS) is 18.4. The lowest BCUT2D eigenvalue weighted by Gasteiger charge is -2.33. The molecule has 2 N–H and O–H groups in total. The number of carbonyl (C=O) groups is 2. The Balaban J connectivity index is 1.50. The van der Waals surface area contributed by atoms with Gasteiger partial charge in [0.25, 0.3) is 0 Å². The maximum atomic E-state index is 13.3. The number of hydrogen-bond acceptors (Lipinski definition) is 5. The number of nitrogens with zero attached hydrogens (tertiary/aromatic N) is 3. The molecule has 1 aliphatic carbocycles. The van der Waals surface area contributed by atoms with Crippen molar-refractivity contribution in [1.29, 1.82) is 0 Å². The number of anilines is 1. The third-order valence-corrected chi connectivity index (χ3v) is 6.35. The van der Waals surface area contributed by atoms with Crippen LogP contribution in [0.3, 0.4) is 0 Å². The molecule has 1 fully saturated rings. The summed E-state index contributed by atoms with van der Waals surface area (Å²) in [6.45, 7) is 4.83. The summed E-state index contributed by atoms with van der Waals surface area (Å²) in [7, 11) is 3.91. The van der Waals surface area contributed by atoms with Crippen molar-refractivity contribution in [3.05, 3.63) is 47.2 Å². The minimum atomic E-state index is -0.627. The number of nitrogens with one attached hydrogen (secondary N) is 2. The molecule has 0 spiro atoms. The molecule has 1 aliphatic heterocycles. The summed E-state index contributed by atoms with van der Waals surface area (Å²) in [4.78, 5) is 29.3. The molecule has 1 aromatic heterocycles. The number of ether oxygens (including phenoxy) is 1. The van der Waals surface area contributed by atoms with E-state index in [2.05, 4.69) is 15.5 Å². The van der Waals surface area contributed by atoms with E-state index in [1.807, 2.05) is 63.2 Å². The molecular formula is C23H31N5O3. The van der Waals surface area contributed by atoms with E-state index in [0.29, 0.717) is 18.9 Å². The van der Waals surface area contributed by atoms with Crippen LogP contribution >= 0.6 is 0 Å². The van der Waals surface area contributed by atoms with Crippen molar-refractivity contribution in [2.24, 2.45) is 5.92 Å². The van der Waals surface area contributed by atoms with Gasteiger partial charge in [-0.05, 0) is 46.3 Å². The zero-order valence-corrected chi connectivity index (χ0v) is 18.6. The lowest BCUT2D eigenvalue weighted by molar-refractivity contribution is -0.122. The van der Waals surface area contributed by atoms with Gasteiger partial charge >= 0.3 is 6.09 Å². The zero-order valence-electron chi connectivity index (χ0n) is 18.6. The summed E-state index contributed by atoms with van der Waals surface area (Å²) in [5.41, 5.74) is 2.00. The Hall–Kier alpha value is -2.87. The molecule has 0 saturated heterocycles. The lowest BCUT2D eigenvalue weighted by atomic mass is 9.85. The van der Waals surface area contributed by atoms with Crippen molar-refractivity contribution >= 4 is 17.8 Å². The van der Waals surface area contributed by atoms with E-state index < -0.39 is 5.54 Å². The van der Waals surface area contributed by atoms with E-state index in [1.165, 1.54) is 0 Å². The van der Waals surface area contributed by atoms with E-state index >= 15 is 0 Å². The van der Waals surface area contributed by atoms with Gasteiger partial charge in [-0.3, -0.25) is 14.8 Å². The molecule has 1 saturated carbocycles. The SMILES string of the molecule is CN(C)C[C@@H](OC(=O)N1Cc2c(NC(=O)C3CCC3)n[nH]c2C1(C)C)c1ccccc1. The maximum absolute atomic E-state index is 13.3. The van der Waals surface area contributed by atoms with E-state index in [4.69, 9.17) is 4.74 Å². The van der Waals surface area contributed by atoms with E-state index in [9.17, 15) is 9.59 Å². The van der Waals surface area contributed by atoms with Crippen molar-refractivity contribution in [3.8, 4) is 0 Å². The molecule has 4 rings (SSSR count). The average Bonchev–Trinajstić information content (AvgIpc) is 3.18. The first-order valence-electron chi connectivity index (χ1n) is 10.8. The smallest absolute Gasteiger partial charge is 0.411 e. The summed E-state index contributed by atoms with van der Waals surface area (Å²) in [5.74, 6) is 0.596. The Labute approximate surface area is 182 Å². The molecule has 166 valence electrons. The molecule has 8 heteroatoms. The molecule has 1 aromatic carbocycles. The first kappa shape index (κ1) is 21.4. The number of rotatable bonds is 6. The highest BCUT2D eigenvalue weighted by atomic mass is 16.6. The zero-order chi connectivity index (χ0) is 22.2. The Bertz CT molecular complexity index is 949. The van der Waals surface area contributed by atoms with Crippen molar-refractivity contribution < 1.29 is 14.3 Å². The Morgan fingerprint density at radius 2 is 2.00 bits per heavy atom. The third-order valence-electron chi connectivity index (χ3n) is 6.35. The second-order valence-corrected chi connectivity index (χ2v) is 9.23. The van der Waals surface area contributed by atoms with Crippen molar-refractivity contribution in [3.63, 3.8) is 0 Å². The second-order valence-electron chi connectivity index (χ2n) is 9.23. The van der Waals surface area contributed by atoms with Gasteiger partial charge in [0.15, 0.2) is 5.82 Å². The van der Waals surface area contributed by atoms with Crippen molar-refractivity contribution in [2.45, 2.75) is 51.3 Å². The van der Waals surface area contributed by atoms with Gasteiger partial charge in [-0.25, -0.2) is 4.79 Å². The monoisotopic (exact) mass is 425 g/mol. The maximum Gasteiger partial charge on any atom is 0.411 e. The molecule has 1 atom stereocenters. The van der Waals surface area contributed by atoms with Gasteiger partial charge in [-0.1, -0.05) is 36.8 Å². The van der Waals surface area contributed by atoms with Gasteiger partial charge in [0.05, 0.1) is 17.8 Å². The first-order chi connectivity index (χ1) is 14.8. The number of aromatic nitrogens is 2. The van der Waals surface area contributed by atoms with Crippen LogP contribution in [0.25, 0.3) is 0 Å². The first-order valence-corrected chi connectivity index (χ1v) is 10.8. The fourth-order valence-corrected chi connectivity index (χ4v) is 4.20. The molecule has 31 heavy (non-hydrogen) atoms. The topological polar surface area (TPSA) is 90.6 Å². The van der Waals surface area contributed by atoms with Gasteiger partial charge in [-0.2, -0.15) is 5.10 Å². The fraction of sp³-hybridized carbons (Fsp3) is 0.522. The minimum Gasteiger partial charge on any atom is -0.440 e. The Morgan fingerprint density at radius 3 is 2.61 bits per heavy atom. The summed E-state index contributed by atoms with van der Waals surface area (Å²) in [6.07, 6.45) is 2.18. The molecule has 8 nitrogen and oxygen atoms in total. The van der Waals surface area contributed by atoms with Crippen molar-refractivity contribution in [2.75, 3.05) is 26.0 Å². The van der Waals surface area contributed by atoms with Gasteiger partial charge in [-0.15, -0.1) is 0 Å². The number of carbonyl (C=O) groups excluding carboxylic acids is 2. The number of likely N-dealkylation sites (N-methyl/N-ethyl adjacent to an activating group) is 1. The van der Waals surface area contributed by atoms with Gasteiger partial charge in [0, 0.05) is 18.0 Å². The lowest BCUT2D eigenvalue weighted by Crippen LogP contribution is -2.42. The fourth-order valence-electron chi connectivity index (χ4n) is 4.20. The number of H-pyrrole nitrogens is 1. The Morgan fingerprint density at radius 1 is 1.29 bits per heavy atom. The van der Waals surface area contributed by atoms with Crippen LogP contribution in [0.15, 0.2) is 30.3 Å². The molecule has 0 radical (unpaired) electrons. The number of aromatic amines is 1. The summed E-state index contributed by atoms with van der Waals surface area (Å²) < 4.78 is 5.98. The quantitative estimate of drug-likeness (QED) is 0.737. The molecular weight excluding hydrogens is 394 g/mol. The number of benzene rings is 1. The van der Waals surface area contributed by atoms with Crippen LogP contribution in [0, 0.1) is 5.92 Å². The average molecular weight is 426 g/mol. The largest absolute Gasteiger partial charge is 0.440 e. The molecule has 0 bridgehead atoms. The van der Waals surface area contributed by atoms with Crippen LogP contribution in [0.4, 0.5) is 10.6 Å². The molecule has 2 amide bonds. The summed E-state index contributed by atoms with van der Waals surface area (Å²) >= 11 is 0. The van der Waals surface area contributed by atoms with Crippen LogP contribution in [-0.2, 0) is 21.6 Å². The van der Waals surface area contributed by atoms with Crippen LogP contribution in [0.1, 0.15) is 56.0 Å². The van der Waals surface area contributed by atoms with Crippen LogP contribution in [-0.4, -0.2) is 52.6 Å². The molecule has 0 unspecified atom stereocenters. The van der Waals surface area contributed by atoms with E-state index in [1.54, 1.807) is 4.90 Å². The second kappa shape index (κ2) is 8.34. The van der Waals surface area contributed by atoms with Gasteiger partial charge in [0.2, 0.25) is 5.91 Å². The molecule has 2 heterocycles.